The molecule has 0 saturated heterocycles. The summed E-state index contributed by atoms with van der Waals surface area (Å²) in [4.78, 5) is 22.4. The molecule has 0 aliphatic rings. The van der Waals surface area contributed by atoms with Gasteiger partial charge >= 0.3 is 0 Å². The minimum atomic E-state index is -0.134. The molecular formula is C15H17N7OS. The second-order valence-corrected chi connectivity index (χ2v) is 6.07. The van der Waals surface area contributed by atoms with E-state index < -0.39 is 0 Å². The topological polar surface area (TPSA) is 111 Å². The van der Waals surface area contributed by atoms with Gasteiger partial charge in [-0.25, -0.2) is 9.50 Å². The Bertz CT molecular complexity index is 800. The number of aromatic nitrogens is 4. The van der Waals surface area contributed by atoms with Crippen molar-refractivity contribution in [2.45, 2.75) is 31.8 Å². The van der Waals surface area contributed by atoms with Gasteiger partial charge < -0.3 is 4.90 Å². The zero-order chi connectivity index (χ0) is 17.5. The predicted octanol–water partition coefficient (Wildman–Crippen LogP) is 1.49. The van der Waals surface area contributed by atoms with Gasteiger partial charge in [-0.1, -0.05) is 11.8 Å². The van der Waals surface area contributed by atoms with Crippen LogP contribution < -0.4 is 0 Å². The molecule has 24 heavy (non-hydrogen) atoms. The first kappa shape index (κ1) is 17.7. The standard InChI is InChI=1S/C15H17N7OS/c1-11-9-12(2)22-14(18-11)19-15(20-22)24-10-13(23)21(7-3-5-16)8-4-6-17/h9H,3-4,7-8,10H2,1-2H3. The SMILES string of the molecule is Cc1cc(C)n2nc(SCC(=O)N(CCC#N)CCC#N)nc2n1. The van der Waals surface area contributed by atoms with Crippen LogP contribution in [-0.2, 0) is 4.79 Å². The molecule has 1 amide bonds. The lowest BCUT2D eigenvalue weighted by Gasteiger charge is -2.19. The third-order valence-corrected chi connectivity index (χ3v) is 4.09. The van der Waals surface area contributed by atoms with Crippen molar-refractivity contribution in [3.8, 4) is 12.1 Å². The summed E-state index contributed by atoms with van der Waals surface area (Å²) < 4.78 is 1.64. The van der Waals surface area contributed by atoms with E-state index in [-0.39, 0.29) is 24.5 Å². The average molecular weight is 343 g/mol. The highest BCUT2D eigenvalue weighted by Crippen LogP contribution is 2.16. The first-order valence-corrected chi connectivity index (χ1v) is 8.39. The number of carbonyl (C=O) groups is 1. The van der Waals surface area contributed by atoms with E-state index in [1.807, 2.05) is 32.1 Å². The maximum Gasteiger partial charge on any atom is 0.253 e. The Hall–Kier alpha value is -2.65. The van der Waals surface area contributed by atoms with Crippen LogP contribution in [0.5, 0.6) is 0 Å². The monoisotopic (exact) mass is 343 g/mol. The number of rotatable bonds is 7. The number of nitriles is 2. The van der Waals surface area contributed by atoms with Crippen LogP contribution in [0.1, 0.15) is 24.2 Å². The van der Waals surface area contributed by atoms with Crippen molar-refractivity contribution >= 4 is 23.4 Å². The molecule has 0 aliphatic heterocycles. The van der Waals surface area contributed by atoms with E-state index in [4.69, 9.17) is 10.5 Å². The van der Waals surface area contributed by atoms with Crippen LogP contribution in [0.3, 0.4) is 0 Å². The number of thioether (sulfide) groups is 1. The van der Waals surface area contributed by atoms with Gasteiger partial charge in [-0.2, -0.15) is 15.5 Å². The van der Waals surface area contributed by atoms with E-state index in [2.05, 4.69) is 15.1 Å². The molecule has 0 bridgehead atoms. The zero-order valence-electron chi connectivity index (χ0n) is 13.6. The Morgan fingerprint density at radius 3 is 2.54 bits per heavy atom. The summed E-state index contributed by atoms with van der Waals surface area (Å²) >= 11 is 1.22. The quantitative estimate of drug-likeness (QED) is 0.700. The highest BCUT2D eigenvalue weighted by Gasteiger charge is 2.15. The molecule has 0 N–H and O–H groups in total. The predicted molar refractivity (Wildman–Crippen MR) is 88.0 cm³/mol. The van der Waals surface area contributed by atoms with E-state index in [1.54, 1.807) is 4.52 Å². The smallest absolute Gasteiger partial charge is 0.253 e. The van der Waals surface area contributed by atoms with Crippen molar-refractivity contribution in [2.24, 2.45) is 0 Å². The molecule has 0 saturated carbocycles. The molecule has 0 unspecified atom stereocenters. The Morgan fingerprint density at radius 1 is 1.25 bits per heavy atom. The fraction of sp³-hybridized carbons (Fsp3) is 0.467. The average Bonchev–Trinajstić information content (AvgIpc) is 2.96. The highest BCUT2D eigenvalue weighted by atomic mass is 32.2. The number of hydrogen-bond donors (Lipinski definition) is 0. The van der Waals surface area contributed by atoms with Gasteiger partial charge in [0.05, 0.1) is 30.7 Å². The fourth-order valence-corrected chi connectivity index (χ4v) is 2.88. The van der Waals surface area contributed by atoms with Crippen LogP contribution in [-0.4, -0.2) is 49.2 Å². The van der Waals surface area contributed by atoms with Crippen LogP contribution in [0, 0.1) is 36.5 Å². The van der Waals surface area contributed by atoms with Gasteiger partial charge in [-0.15, -0.1) is 5.10 Å². The van der Waals surface area contributed by atoms with Crippen LogP contribution in [0.4, 0.5) is 0 Å². The molecular weight excluding hydrogens is 326 g/mol. The van der Waals surface area contributed by atoms with E-state index in [9.17, 15) is 4.79 Å². The lowest BCUT2D eigenvalue weighted by Crippen LogP contribution is -2.34. The van der Waals surface area contributed by atoms with E-state index in [0.717, 1.165) is 11.4 Å². The lowest BCUT2D eigenvalue weighted by molar-refractivity contribution is -0.128. The molecule has 0 aliphatic carbocycles. The third-order valence-electron chi connectivity index (χ3n) is 3.26. The molecule has 0 fully saturated rings. The molecule has 2 heterocycles. The van der Waals surface area contributed by atoms with Crippen molar-refractivity contribution < 1.29 is 4.79 Å². The van der Waals surface area contributed by atoms with Crippen LogP contribution >= 0.6 is 11.8 Å². The summed E-state index contributed by atoms with van der Waals surface area (Å²) in [6, 6.07) is 5.93. The summed E-state index contributed by atoms with van der Waals surface area (Å²) in [5.74, 6) is 0.532. The fourth-order valence-electron chi connectivity index (χ4n) is 2.16. The largest absolute Gasteiger partial charge is 0.340 e. The number of aryl methyl sites for hydroxylation is 2. The van der Waals surface area contributed by atoms with Crippen molar-refractivity contribution in [1.29, 1.82) is 10.5 Å². The number of fused-ring (bicyclic) bond motifs is 1. The van der Waals surface area contributed by atoms with E-state index in [0.29, 0.717) is 24.0 Å². The first-order chi connectivity index (χ1) is 11.5. The van der Waals surface area contributed by atoms with Gasteiger partial charge in [-0.3, -0.25) is 4.79 Å². The number of nitrogens with zero attached hydrogens (tertiary/aromatic N) is 7. The van der Waals surface area contributed by atoms with Gasteiger partial charge in [0.25, 0.3) is 5.78 Å². The van der Waals surface area contributed by atoms with Gasteiger partial charge in [0.1, 0.15) is 0 Å². The van der Waals surface area contributed by atoms with Crippen molar-refractivity contribution in [3.63, 3.8) is 0 Å². The summed E-state index contributed by atoms with van der Waals surface area (Å²) in [5, 5.41) is 22.2. The van der Waals surface area contributed by atoms with Crippen LogP contribution in [0.2, 0.25) is 0 Å². The van der Waals surface area contributed by atoms with Gasteiger partial charge in [0.2, 0.25) is 11.1 Å². The minimum absolute atomic E-state index is 0.134. The summed E-state index contributed by atoms with van der Waals surface area (Å²) in [6.45, 7) is 4.47. The number of amides is 1. The lowest BCUT2D eigenvalue weighted by atomic mass is 10.3. The number of hydrogen-bond acceptors (Lipinski definition) is 7. The van der Waals surface area contributed by atoms with Crippen LogP contribution in [0.15, 0.2) is 11.2 Å². The van der Waals surface area contributed by atoms with Gasteiger partial charge in [0.15, 0.2) is 0 Å². The Labute approximate surface area is 144 Å². The van der Waals surface area contributed by atoms with E-state index >= 15 is 0 Å². The van der Waals surface area contributed by atoms with Crippen molar-refractivity contribution in [1.82, 2.24) is 24.5 Å². The summed E-state index contributed by atoms with van der Waals surface area (Å²) in [5.41, 5.74) is 1.78. The molecule has 2 aromatic heterocycles. The van der Waals surface area contributed by atoms with Gasteiger partial charge in [-0.05, 0) is 19.9 Å². The molecule has 2 rings (SSSR count). The molecule has 9 heteroatoms. The van der Waals surface area contributed by atoms with E-state index in [1.165, 1.54) is 16.7 Å². The van der Waals surface area contributed by atoms with Gasteiger partial charge in [0, 0.05) is 24.5 Å². The zero-order valence-corrected chi connectivity index (χ0v) is 14.4. The third kappa shape index (κ3) is 4.43. The summed E-state index contributed by atoms with van der Waals surface area (Å²) in [7, 11) is 0. The maximum atomic E-state index is 12.3. The normalized spacial score (nSPS) is 10.3. The Morgan fingerprint density at radius 2 is 1.92 bits per heavy atom. The molecule has 8 nitrogen and oxygen atoms in total. The molecule has 0 spiro atoms. The minimum Gasteiger partial charge on any atom is -0.340 e. The molecule has 0 radical (unpaired) electrons. The second kappa shape index (κ2) is 8.27. The maximum absolute atomic E-state index is 12.3. The Balaban J connectivity index is 2.03. The Kier molecular flexibility index (Phi) is 6.10. The molecule has 2 aromatic rings. The molecule has 0 aromatic carbocycles. The second-order valence-electron chi connectivity index (χ2n) is 5.13. The van der Waals surface area contributed by atoms with Crippen molar-refractivity contribution in [3.05, 3.63) is 17.5 Å². The van der Waals surface area contributed by atoms with Crippen LogP contribution in [0.25, 0.3) is 5.78 Å². The molecule has 0 atom stereocenters. The summed E-state index contributed by atoms with van der Waals surface area (Å²) in [6.07, 6.45) is 0.494. The van der Waals surface area contributed by atoms with Crippen molar-refractivity contribution in [2.75, 3.05) is 18.8 Å². The first-order valence-electron chi connectivity index (χ1n) is 7.40. The number of carbonyl (C=O) groups excluding carboxylic acids is 1. The molecule has 124 valence electrons. The highest BCUT2D eigenvalue weighted by molar-refractivity contribution is 7.99.